The summed E-state index contributed by atoms with van der Waals surface area (Å²) in [5.74, 6) is 0.695. The molecule has 5 heterocycles. The van der Waals surface area contributed by atoms with E-state index in [0.717, 1.165) is 28.1 Å². The van der Waals surface area contributed by atoms with E-state index in [2.05, 4.69) is 221 Å². The van der Waals surface area contributed by atoms with E-state index in [0.29, 0.717) is 5.82 Å². The third-order valence-electron chi connectivity index (χ3n) is 15.0. The SMILES string of the molecule is c1ccc(-c2cc(-c3ccccc3)nc(-c3cc4c5c(c3)-n3c6ccc7ccccc7c6c6c7ccccc7cc(c63)B5c3cc5ccccc5c5c6c7ccccc7ccc6n-4c35)n2)cc1. The lowest BCUT2D eigenvalue weighted by molar-refractivity contribution is 1.13. The maximum atomic E-state index is 5.48. The van der Waals surface area contributed by atoms with Gasteiger partial charge >= 0.3 is 0 Å². The molecule has 306 valence electrons. The molecule has 3 aromatic heterocycles. The zero-order valence-corrected chi connectivity index (χ0v) is 36.1. The first-order valence-electron chi connectivity index (χ1n) is 23.2. The Hall–Kier alpha value is -8.80. The van der Waals surface area contributed by atoms with Gasteiger partial charge in [-0.25, -0.2) is 9.97 Å². The molecule has 0 unspecified atom stereocenters. The van der Waals surface area contributed by atoms with E-state index in [1.165, 1.54) is 114 Å². The second-order valence-electron chi connectivity index (χ2n) is 18.4. The van der Waals surface area contributed by atoms with Crippen molar-refractivity contribution in [1.82, 2.24) is 19.1 Å². The van der Waals surface area contributed by atoms with Gasteiger partial charge in [0.1, 0.15) is 0 Å². The highest BCUT2D eigenvalue weighted by molar-refractivity contribution is 7.00. The van der Waals surface area contributed by atoms with Crippen molar-refractivity contribution in [3.8, 4) is 45.3 Å². The van der Waals surface area contributed by atoms with Gasteiger partial charge in [0.2, 0.25) is 0 Å². The van der Waals surface area contributed by atoms with Crippen molar-refractivity contribution in [2.75, 3.05) is 0 Å². The predicted molar refractivity (Wildman–Crippen MR) is 282 cm³/mol. The van der Waals surface area contributed by atoms with Crippen molar-refractivity contribution in [1.29, 1.82) is 0 Å². The quantitative estimate of drug-likeness (QED) is 0.166. The maximum Gasteiger partial charge on any atom is 0.252 e. The first-order valence-corrected chi connectivity index (χ1v) is 23.2. The van der Waals surface area contributed by atoms with Gasteiger partial charge in [-0.3, -0.25) is 0 Å². The van der Waals surface area contributed by atoms with Crippen LogP contribution in [0.15, 0.2) is 212 Å². The van der Waals surface area contributed by atoms with Crippen LogP contribution in [0.5, 0.6) is 0 Å². The fourth-order valence-corrected chi connectivity index (χ4v) is 12.3. The summed E-state index contributed by atoms with van der Waals surface area (Å²) in [6.07, 6.45) is 0. The number of aromatic nitrogens is 4. The van der Waals surface area contributed by atoms with Crippen LogP contribution in [0.25, 0.3) is 132 Å². The summed E-state index contributed by atoms with van der Waals surface area (Å²) in [7, 11) is 0. The van der Waals surface area contributed by atoms with Crippen molar-refractivity contribution in [3.63, 3.8) is 0 Å². The summed E-state index contributed by atoms with van der Waals surface area (Å²) in [6.45, 7) is -0.0548. The number of rotatable bonds is 3. The van der Waals surface area contributed by atoms with Crippen molar-refractivity contribution in [2.45, 2.75) is 0 Å². The molecule has 4 nitrogen and oxygen atoms in total. The molecule has 0 amide bonds. The van der Waals surface area contributed by atoms with Gasteiger partial charge in [0.05, 0.1) is 33.5 Å². The van der Waals surface area contributed by atoms with Crippen LogP contribution in [-0.4, -0.2) is 25.8 Å². The Morgan fingerprint density at radius 2 is 0.731 bits per heavy atom. The highest BCUT2D eigenvalue weighted by Gasteiger charge is 2.42. The summed E-state index contributed by atoms with van der Waals surface area (Å²) in [6, 6.07) is 78.2. The molecule has 0 saturated heterocycles. The molecule has 0 fully saturated rings. The smallest absolute Gasteiger partial charge is 0.252 e. The molecule has 67 heavy (non-hydrogen) atoms. The third-order valence-corrected chi connectivity index (χ3v) is 15.0. The average molecular weight is 847 g/mol. The lowest BCUT2D eigenvalue weighted by atomic mass is 9.34. The number of nitrogens with zero attached hydrogens (tertiary/aromatic N) is 4. The average Bonchev–Trinajstić information content (AvgIpc) is 3.95. The first-order chi connectivity index (χ1) is 33.2. The number of hydrogen-bond acceptors (Lipinski definition) is 2. The number of benzene rings is 11. The highest BCUT2D eigenvalue weighted by Crippen LogP contribution is 2.46. The molecule has 0 atom stereocenters. The van der Waals surface area contributed by atoms with Crippen LogP contribution in [0.3, 0.4) is 0 Å². The van der Waals surface area contributed by atoms with E-state index in [1.807, 2.05) is 0 Å². The minimum absolute atomic E-state index is 0.0548. The van der Waals surface area contributed by atoms with E-state index >= 15 is 0 Å². The molecule has 16 rings (SSSR count). The summed E-state index contributed by atoms with van der Waals surface area (Å²) in [5.41, 5.74) is 16.1. The largest absolute Gasteiger partial charge is 0.310 e. The van der Waals surface area contributed by atoms with Crippen LogP contribution in [0.2, 0.25) is 0 Å². The molecular formula is C62H35BN4. The molecule has 0 N–H and O–H groups in total. The molecule has 0 aliphatic carbocycles. The summed E-state index contributed by atoms with van der Waals surface area (Å²) in [4.78, 5) is 11.0. The standard InChI is InChI=1S/C62H35BN4/c1-3-17-38(18-4-1)49-35-50(39-19-5-2-6-20-39)65-62(64-49)42-33-53-59-54(34-42)67-52-30-28-37-16-8-12-24-44(37)56(52)58-46-26-14-10-22-41(46)32-48(61(58)67)63(59)47-31-40-21-9-13-25-45(40)57-55-43-23-11-7-15-36(43)27-29-51(55)66(53)60(47)57/h1-35H. The molecule has 0 spiro atoms. The molecule has 11 aromatic carbocycles. The normalized spacial score (nSPS) is 12.7. The van der Waals surface area contributed by atoms with E-state index < -0.39 is 0 Å². The zero-order chi connectivity index (χ0) is 43.5. The van der Waals surface area contributed by atoms with E-state index in [-0.39, 0.29) is 6.71 Å². The topological polar surface area (TPSA) is 35.6 Å². The Morgan fingerprint density at radius 3 is 1.19 bits per heavy atom. The van der Waals surface area contributed by atoms with Gasteiger partial charge in [-0.05, 0) is 89.8 Å². The molecule has 0 radical (unpaired) electrons. The van der Waals surface area contributed by atoms with E-state index in [1.54, 1.807) is 0 Å². The fraction of sp³-hybridized carbons (Fsp3) is 0. The van der Waals surface area contributed by atoms with Gasteiger partial charge in [-0.2, -0.15) is 0 Å². The minimum atomic E-state index is -0.0548. The van der Waals surface area contributed by atoms with Crippen molar-refractivity contribution in [3.05, 3.63) is 212 Å². The van der Waals surface area contributed by atoms with Crippen molar-refractivity contribution < 1.29 is 0 Å². The van der Waals surface area contributed by atoms with E-state index in [4.69, 9.17) is 9.97 Å². The Labute approximate surface area is 384 Å². The van der Waals surface area contributed by atoms with Crippen LogP contribution in [-0.2, 0) is 0 Å². The molecule has 0 saturated carbocycles. The van der Waals surface area contributed by atoms with Crippen LogP contribution in [0, 0.1) is 0 Å². The maximum absolute atomic E-state index is 5.48. The lowest BCUT2D eigenvalue weighted by Crippen LogP contribution is -2.59. The highest BCUT2D eigenvalue weighted by atomic mass is 15.0. The Bertz CT molecular complexity index is 4230. The summed E-state index contributed by atoms with van der Waals surface area (Å²) in [5, 5.41) is 15.3. The van der Waals surface area contributed by atoms with Gasteiger partial charge in [0, 0.05) is 49.6 Å². The lowest BCUT2D eigenvalue weighted by Gasteiger charge is -2.34. The molecule has 14 aromatic rings. The Kier molecular flexibility index (Phi) is 6.86. The second-order valence-corrected chi connectivity index (χ2v) is 18.4. The van der Waals surface area contributed by atoms with Crippen molar-refractivity contribution >= 4 is 110 Å². The monoisotopic (exact) mass is 846 g/mol. The van der Waals surface area contributed by atoms with Crippen molar-refractivity contribution in [2.24, 2.45) is 0 Å². The van der Waals surface area contributed by atoms with Gasteiger partial charge < -0.3 is 9.13 Å². The number of fused-ring (bicyclic) bond motifs is 18. The minimum Gasteiger partial charge on any atom is -0.310 e. The van der Waals surface area contributed by atoms with Gasteiger partial charge in [-0.1, -0.05) is 182 Å². The molecule has 5 heteroatoms. The van der Waals surface area contributed by atoms with Crippen LogP contribution in [0.1, 0.15) is 0 Å². The van der Waals surface area contributed by atoms with Gasteiger partial charge in [0.25, 0.3) is 6.71 Å². The fourth-order valence-electron chi connectivity index (χ4n) is 12.3. The summed E-state index contributed by atoms with van der Waals surface area (Å²) < 4.78 is 5.20. The molecular weight excluding hydrogens is 812 g/mol. The van der Waals surface area contributed by atoms with Crippen LogP contribution < -0.4 is 16.4 Å². The Balaban J connectivity index is 1.14. The molecule has 2 aliphatic heterocycles. The second kappa shape index (κ2) is 12.9. The predicted octanol–water partition coefficient (Wildman–Crippen LogP) is 13.4. The molecule has 2 aliphatic rings. The Morgan fingerprint density at radius 1 is 0.328 bits per heavy atom. The number of hydrogen-bond donors (Lipinski definition) is 0. The first kappa shape index (κ1) is 35.5. The summed E-state index contributed by atoms with van der Waals surface area (Å²) >= 11 is 0. The molecule has 0 bridgehead atoms. The van der Waals surface area contributed by atoms with Crippen LogP contribution in [0.4, 0.5) is 0 Å². The van der Waals surface area contributed by atoms with Crippen LogP contribution >= 0.6 is 0 Å². The third kappa shape index (κ3) is 4.67. The van der Waals surface area contributed by atoms with E-state index in [9.17, 15) is 0 Å². The van der Waals surface area contributed by atoms with Gasteiger partial charge in [0.15, 0.2) is 5.82 Å². The zero-order valence-electron chi connectivity index (χ0n) is 36.1. The van der Waals surface area contributed by atoms with Gasteiger partial charge in [-0.15, -0.1) is 0 Å².